The summed E-state index contributed by atoms with van der Waals surface area (Å²) in [6, 6.07) is 14.6. The number of nitrogens with one attached hydrogen (secondary N) is 1. The average Bonchev–Trinajstić information content (AvgIpc) is 2.48. The molecule has 0 saturated carbocycles. The molecule has 2 aromatic carbocycles. The van der Waals surface area contributed by atoms with Crippen LogP contribution in [-0.4, -0.2) is 7.11 Å². The molecule has 0 heterocycles. The molecule has 2 aromatic rings. The standard InChI is InChI=1S/C17H22N2O/c1-12-5-4-6-16(13(12)2)17(19-18)11-14-7-9-15(20-3)10-8-14/h4-10,17,19H,11,18H2,1-3H3. The van der Waals surface area contributed by atoms with Crippen LogP contribution in [0, 0.1) is 13.8 Å². The van der Waals surface area contributed by atoms with E-state index in [-0.39, 0.29) is 6.04 Å². The smallest absolute Gasteiger partial charge is 0.118 e. The Morgan fingerprint density at radius 1 is 1.10 bits per heavy atom. The summed E-state index contributed by atoms with van der Waals surface area (Å²) in [5.41, 5.74) is 8.00. The first-order chi connectivity index (χ1) is 9.65. The summed E-state index contributed by atoms with van der Waals surface area (Å²) < 4.78 is 5.18. The van der Waals surface area contributed by atoms with Gasteiger partial charge in [-0.2, -0.15) is 0 Å². The van der Waals surface area contributed by atoms with Gasteiger partial charge in [0.15, 0.2) is 0 Å². The third-order valence-corrected chi connectivity index (χ3v) is 3.82. The van der Waals surface area contributed by atoms with Crippen LogP contribution in [0.5, 0.6) is 5.75 Å². The van der Waals surface area contributed by atoms with Crippen LogP contribution in [0.25, 0.3) is 0 Å². The fourth-order valence-electron chi connectivity index (χ4n) is 2.41. The number of aryl methyl sites for hydroxylation is 1. The van der Waals surface area contributed by atoms with Gasteiger partial charge in [0.1, 0.15) is 5.75 Å². The minimum Gasteiger partial charge on any atom is -0.497 e. The maximum atomic E-state index is 5.75. The molecule has 3 heteroatoms. The van der Waals surface area contributed by atoms with Gasteiger partial charge in [-0.3, -0.25) is 11.3 Å². The second-order valence-corrected chi connectivity index (χ2v) is 5.06. The molecule has 0 radical (unpaired) electrons. The lowest BCUT2D eigenvalue weighted by atomic mass is 9.93. The van der Waals surface area contributed by atoms with Crippen LogP contribution < -0.4 is 16.0 Å². The molecule has 0 aliphatic rings. The van der Waals surface area contributed by atoms with Crippen LogP contribution >= 0.6 is 0 Å². The normalized spacial score (nSPS) is 12.2. The highest BCUT2D eigenvalue weighted by Crippen LogP contribution is 2.24. The number of nitrogens with two attached hydrogens (primary N) is 1. The first-order valence-corrected chi connectivity index (χ1v) is 6.81. The molecule has 106 valence electrons. The van der Waals surface area contributed by atoms with Crippen molar-refractivity contribution in [3.8, 4) is 5.75 Å². The number of ether oxygens (including phenoxy) is 1. The summed E-state index contributed by atoms with van der Waals surface area (Å²) in [6.07, 6.45) is 0.852. The quantitative estimate of drug-likeness (QED) is 0.648. The summed E-state index contributed by atoms with van der Waals surface area (Å²) in [7, 11) is 1.68. The Morgan fingerprint density at radius 2 is 1.80 bits per heavy atom. The molecule has 0 aliphatic carbocycles. The van der Waals surface area contributed by atoms with E-state index in [1.807, 2.05) is 12.1 Å². The Labute approximate surface area is 120 Å². The molecule has 20 heavy (non-hydrogen) atoms. The van der Waals surface area contributed by atoms with Gasteiger partial charge in [-0.25, -0.2) is 0 Å². The lowest BCUT2D eigenvalue weighted by molar-refractivity contribution is 0.414. The summed E-state index contributed by atoms with van der Waals surface area (Å²) in [5, 5.41) is 0. The molecule has 0 amide bonds. The van der Waals surface area contributed by atoms with Gasteiger partial charge in [-0.1, -0.05) is 30.3 Å². The Balaban J connectivity index is 2.21. The molecule has 2 rings (SSSR count). The topological polar surface area (TPSA) is 47.3 Å². The highest BCUT2D eigenvalue weighted by Gasteiger charge is 2.13. The molecule has 0 saturated heterocycles. The highest BCUT2D eigenvalue weighted by atomic mass is 16.5. The second-order valence-electron chi connectivity index (χ2n) is 5.06. The molecule has 3 N–H and O–H groups in total. The predicted molar refractivity (Wildman–Crippen MR) is 82.7 cm³/mol. The molecule has 1 unspecified atom stereocenters. The van der Waals surface area contributed by atoms with Crippen molar-refractivity contribution >= 4 is 0 Å². The summed E-state index contributed by atoms with van der Waals surface area (Å²) in [5.74, 6) is 6.63. The maximum absolute atomic E-state index is 5.75. The Kier molecular flexibility index (Phi) is 4.77. The summed E-state index contributed by atoms with van der Waals surface area (Å²) in [6.45, 7) is 4.27. The first-order valence-electron chi connectivity index (χ1n) is 6.81. The maximum Gasteiger partial charge on any atom is 0.118 e. The van der Waals surface area contributed by atoms with Crippen molar-refractivity contribution in [3.05, 3.63) is 64.7 Å². The van der Waals surface area contributed by atoms with Crippen molar-refractivity contribution in [2.75, 3.05) is 7.11 Å². The fraction of sp³-hybridized carbons (Fsp3) is 0.294. The third-order valence-electron chi connectivity index (χ3n) is 3.82. The Bertz CT molecular complexity index is 564. The van der Waals surface area contributed by atoms with Gasteiger partial charge < -0.3 is 4.74 Å². The number of methoxy groups -OCH3 is 1. The zero-order valence-corrected chi connectivity index (χ0v) is 12.3. The molecule has 0 bridgehead atoms. The van der Waals surface area contributed by atoms with E-state index in [1.54, 1.807) is 7.11 Å². The van der Waals surface area contributed by atoms with E-state index in [2.05, 4.69) is 49.6 Å². The van der Waals surface area contributed by atoms with Gasteiger partial charge in [-0.05, 0) is 54.7 Å². The van der Waals surface area contributed by atoms with Crippen LogP contribution in [-0.2, 0) is 6.42 Å². The number of hydrogen-bond donors (Lipinski definition) is 2. The van der Waals surface area contributed by atoms with E-state index in [4.69, 9.17) is 10.6 Å². The van der Waals surface area contributed by atoms with Crippen molar-refractivity contribution in [1.29, 1.82) is 0 Å². The van der Waals surface area contributed by atoms with Gasteiger partial charge in [0.25, 0.3) is 0 Å². The number of hydrogen-bond acceptors (Lipinski definition) is 3. The first kappa shape index (κ1) is 14.6. The monoisotopic (exact) mass is 270 g/mol. The molecule has 0 aliphatic heterocycles. The van der Waals surface area contributed by atoms with E-state index in [0.29, 0.717) is 0 Å². The van der Waals surface area contributed by atoms with E-state index in [1.165, 1.54) is 22.3 Å². The second kappa shape index (κ2) is 6.55. The largest absolute Gasteiger partial charge is 0.497 e. The number of hydrazine groups is 1. The van der Waals surface area contributed by atoms with Gasteiger partial charge >= 0.3 is 0 Å². The van der Waals surface area contributed by atoms with Crippen LogP contribution in [0.4, 0.5) is 0 Å². The fourth-order valence-corrected chi connectivity index (χ4v) is 2.41. The van der Waals surface area contributed by atoms with Gasteiger partial charge in [-0.15, -0.1) is 0 Å². The molecule has 0 spiro atoms. The third kappa shape index (κ3) is 3.18. The van der Waals surface area contributed by atoms with Crippen molar-refractivity contribution in [3.63, 3.8) is 0 Å². The van der Waals surface area contributed by atoms with E-state index >= 15 is 0 Å². The van der Waals surface area contributed by atoms with Gasteiger partial charge in [0.05, 0.1) is 13.2 Å². The lowest BCUT2D eigenvalue weighted by Gasteiger charge is -2.20. The van der Waals surface area contributed by atoms with Crippen molar-refractivity contribution < 1.29 is 4.74 Å². The van der Waals surface area contributed by atoms with Crippen molar-refractivity contribution in [2.24, 2.45) is 5.84 Å². The zero-order valence-electron chi connectivity index (χ0n) is 12.3. The SMILES string of the molecule is COc1ccc(CC(NN)c2cccc(C)c2C)cc1. The number of benzene rings is 2. The zero-order chi connectivity index (χ0) is 14.5. The molecule has 0 fully saturated rings. The van der Waals surface area contributed by atoms with Gasteiger partial charge in [0, 0.05) is 0 Å². The highest BCUT2D eigenvalue weighted by molar-refractivity contribution is 5.37. The van der Waals surface area contributed by atoms with E-state index in [0.717, 1.165) is 12.2 Å². The minimum atomic E-state index is 0.114. The minimum absolute atomic E-state index is 0.114. The van der Waals surface area contributed by atoms with E-state index in [9.17, 15) is 0 Å². The molecule has 3 nitrogen and oxygen atoms in total. The summed E-state index contributed by atoms with van der Waals surface area (Å²) >= 11 is 0. The van der Waals surface area contributed by atoms with Gasteiger partial charge in [0.2, 0.25) is 0 Å². The van der Waals surface area contributed by atoms with E-state index < -0.39 is 0 Å². The molecule has 1 atom stereocenters. The van der Waals surface area contributed by atoms with Crippen LogP contribution in [0.2, 0.25) is 0 Å². The van der Waals surface area contributed by atoms with Crippen molar-refractivity contribution in [1.82, 2.24) is 5.43 Å². The number of rotatable bonds is 5. The van der Waals surface area contributed by atoms with Crippen LogP contribution in [0.1, 0.15) is 28.3 Å². The predicted octanol–water partition coefficient (Wildman–Crippen LogP) is 3.06. The Morgan fingerprint density at radius 3 is 2.40 bits per heavy atom. The van der Waals surface area contributed by atoms with Crippen LogP contribution in [0.15, 0.2) is 42.5 Å². The molecular formula is C17H22N2O. The summed E-state index contributed by atoms with van der Waals surface area (Å²) in [4.78, 5) is 0. The molecule has 0 aromatic heterocycles. The Hall–Kier alpha value is -1.84. The molecular weight excluding hydrogens is 248 g/mol. The average molecular weight is 270 g/mol. The van der Waals surface area contributed by atoms with Crippen molar-refractivity contribution in [2.45, 2.75) is 26.3 Å². The lowest BCUT2D eigenvalue weighted by Crippen LogP contribution is -2.30. The van der Waals surface area contributed by atoms with Crippen LogP contribution in [0.3, 0.4) is 0 Å².